The van der Waals surface area contributed by atoms with E-state index in [1.54, 1.807) is 0 Å². The maximum Gasteiger partial charge on any atom is 0.407 e. The maximum atomic E-state index is 13.4. The second-order valence-electron chi connectivity index (χ2n) is 11.5. The highest BCUT2D eigenvalue weighted by atomic mass is 127. The number of benzene rings is 5. The number of rotatable bonds is 10. The average molecular weight is 950 g/mol. The molecule has 5 nitrogen and oxygen atoms in total. The zero-order valence-corrected chi connectivity index (χ0v) is 33.6. The van der Waals surface area contributed by atoms with Crippen LogP contribution in [0.1, 0.15) is 44.9 Å². The summed E-state index contributed by atoms with van der Waals surface area (Å²) in [5.74, 6) is 4.99. The Balaban J connectivity index is 1.25. The Bertz CT molecular complexity index is 1980. The molecule has 0 unspecified atom stereocenters. The van der Waals surface area contributed by atoms with Gasteiger partial charge in [-0.15, -0.1) is 11.8 Å². The number of aliphatic carboxylic acids is 1. The van der Waals surface area contributed by atoms with Crippen molar-refractivity contribution in [3.8, 4) is 33.5 Å². The Morgan fingerprint density at radius 3 is 1.59 bits per heavy atom. The van der Waals surface area contributed by atoms with Crippen LogP contribution in [-0.2, 0) is 14.3 Å². The molecular formula is C41H29I2NO4S3. The number of carboxylic acids is 1. The molecule has 0 fully saturated rings. The fourth-order valence-electron chi connectivity index (χ4n) is 6.35. The van der Waals surface area contributed by atoms with Crippen LogP contribution in [-0.4, -0.2) is 35.6 Å². The van der Waals surface area contributed by atoms with Gasteiger partial charge in [0.1, 0.15) is 12.6 Å². The van der Waals surface area contributed by atoms with Crippen LogP contribution < -0.4 is 5.32 Å². The second kappa shape index (κ2) is 17.8. The first-order valence-corrected chi connectivity index (χ1v) is 23.5. The summed E-state index contributed by atoms with van der Waals surface area (Å²) >= 11 is 5.75. The van der Waals surface area contributed by atoms with E-state index < -0.39 is 22.9 Å². The molecule has 1 aliphatic rings. The Morgan fingerprint density at radius 1 is 0.725 bits per heavy atom. The van der Waals surface area contributed by atoms with E-state index in [2.05, 4.69) is 119 Å². The standard InChI is InChI=1S/C41H29I2NO4S3/c42-50-22-20-28-16-18-33-34-19-17-29(21-23-51-43)25-36(34)37(35(33)24-28)26-48-40(47)44-38(39(45)46)27-49-41(30-10-4-1-5-11-30,31-12-6-2-7-13-31)32-14-8-3-9-15-32/h1-19,24-25,37-38H,26-27H2,(H,44,47)(H,45,46)/t38-/m0/s1. The molecule has 0 bridgehead atoms. The zero-order chi connectivity index (χ0) is 35.6. The number of hydrogen-bond acceptors (Lipinski definition) is 6. The minimum Gasteiger partial charge on any atom is -0.480 e. The summed E-state index contributed by atoms with van der Waals surface area (Å²) in [7, 11) is 2.83. The van der Waals surface area contributed by atoms with Gasteiger partial charge in [0, 0.05) is 65.2 Å². The lowest BCUT2D eigenvalue weighted by Gasteiger charge is -2.36. The van der Waals surface area contributed by atoms with Crippen LogP contribution in [0.2, 0.25) is 0 Å². The fraction of sp³-hybridized carbons (Fsp3) is 0.122. The van der Waals surface area contributed by atoms with Gasteiger partial charge < -0.3 is 15.2 Å². The number of carbonyl (C=O) groups is 2. The topological polar surface area (TPSA) is 75.6 Å². The molecule has 51 heavy (non-hydrogen) atoms. The lowest BCUT2D eigenvalue weighted by molar-refractivity contribution is -0.138. The minimum atomic E-state index is -1.22. The molecule has 0 radical (unpaired) electrons. The predicted molar refractivity (Wildman–Crippen MR) is 228 cm³/mol. The van der Waals surface area contributed by atoms with E-state index in [0.29, 0.717) is 0 Å². The number of nitrogens with one attached hydrogen (secondary N) is 1. The Hall–Kier alpha value is -3.53. The number of halogens is 2. The molecule has 6 rings (SSSR count). The van der Waals surface area contributed by atoms with Crippen molar-refractivity contribution >= 4 is 84.1 Å². The molecule has 10 heteroatoms. The normalized spacial score (nSPS) is 12.3. The van der Waals surface area contributed by atoms with Gasteiger partial charge in [0.2, 0.25) is 0 Å². The monoisotopic (exact) mass is 949 g/mol. The zero-order valence-electron chi connectivity index (χ0n) is 26.8. The van der Waals surface area contributed by atoms with Gasteiger partial charge in [0.05, 0.1) is 4.75 Å². The van der Waals surface area contributed by atoms with Gasteiger partial charge in [-0.25, -0.2) is 9.59 Å². The molecule has 0 aliphatic heterocycles. The summed E-state index contributed by atoms with van der Waals surface area (Å²) in [6.07, 6.45) is -0.794. The van der Waals surface area contributed by atoms with Crippen LogP contribution in [0.5, 0.6) is 0 Å². The number of hydrogen-bond donors (Lipinski definition) is 2. The first kappa shape index (κ1) is 37.2. The number of carboxylic acid groups (broad SMARTS) is 1. The van der Waals surface area contributed by atoms with Crippen molar-refractivity contribution in [2.24, 2.45) is 0 Å². The van der Waals surface area contributed by atoms with E-state index in [4.69, 9.17) is 4.74 Å². The Labute approximate surface area is 334 Å². The Morgan fingerprint density at radius 2 is 1.18 bits per heavy atom. The van der Waals surface area contributed by atoms with E-state index in [1.807, 2.05) is 78.9 Å². The van der Waals surface area contributed by atoms with Crippen molar-refractivity contribution in [1.29, 1.82) is 0 Å². The number of fused-ring (bicyclic) bond motifs is 3. The summed E-state index contributed by atoms with van der Waals surface area (Å²) in [6, 6.07) is 41.1. The highest BCUT2D eigenvalue weighted by molar-refractivity contribution is 14.2. The first-order chi connectivity index (χ1) is 24.9. The lowest BCUT2D eigenvalue weighted by Crippen LogP contribution is -2.44. The number of thioether (sulfide) groups is 1. The number of alkyl carbamates (subject to hydrolysis) is 1. The van der Waals surface area contributed by atoms with Crippen LogP contribution >= 0.6 is 72.0 Å². The lowest BCUT2D eigenvalue weighted by atomic mass is 9.84. The van der Waals surface area contributed by atoms with E-state index in [-0.39, 0.29) is 18.3 Å². The molecular weight excluding hydrogens is 920 g/mol. The van der Waals surface area contributed by atoms with Crippen LogP contribution in [0, 0.1) is 22.3 Å². The van der Waals surface area contributed by atoms with Crippen LogP contribution in [0.15, 0.2) is 127 Å². The number of amides is 1. The van der Waals surface area contributed by atoms with Crippen LogP contribution in [0.4, 0.5) is 4.79 Å². The molecule has 254 valence electrons. The van der Waals surface area contributed by atoms with Gasteiger partial charge in [-0.1, -0.05) is 115 Å². The molecule has 0 spiro atoms. The summed E-state index contributed by atoms with van der Waals surface area (Å²) in [4.78, 5) is 26.1. The first-order valence-electron chi connectivity index (χ1n) is 15.8. The van der Waals surface area contributed by atoms with Crippen molar-refractivity contribution in [3.63, 3.8) is 0 Å². The molecule has 0 aromatic heterocycles. The molecule has 0 saturated carbocycles. The van der Waals surface area contributed by atoms with Gasteiger partial charge in [-0.3, -0.25) is 0 Å². The van der Waals surface area contributed by atoms with E-state index in [9.17, 15) is 14.7 Å². The highest BCUT2D eigenvalue weighted by Gasteiger charge is 2.39. The predicted octanol–water partition coefficient (Wildman–Crippen LogP) is 10.5. The van der Waals surface area contributed by atoms with Crippen molar-refractivity contribution in [2.45, 2.75) is 16.7 Å². The van der Waals surface area contributed by atoms with E-state index >= 15 is 0 Å². The molecule has 0 saturated heterocycles. The largest absolute Gasteiger partial charge is 0.480 e. The summed E-state index contributed by atoms with van der Waals surface area (Å²) < 4.78 is 5.10. The molecule has 0 heterocycles. The SMILES string of the molecule is O=C(N[C@@H](CSC(c1ccccc1)(c1ccccc1)c1ccccc1)C(=O)O)OCC1c2cc(C#CSI)ccc2-c2ccc(C#CSI)cc21. The van der Waals surface area contributed by atoms with Crippen molar-refractivity contribution < 1.29 is 19.4 Å². The smallest absolute Gasteiger partial charge is 0.407 e. The number of carbonyl (C=O) groups excluding carboxylic acids is 1. The van der Waals surface area contributed by atoms with Gasteiger partial charge in [0.15, 0.2) is 0 Å². The van der Waals surface area contributed by atoms with Crippen molar-refractivity contribution in [3.05, 3.63) is 166 Å². The summed E-state index contributed by atoms with van der Waals surface area (Å²) in [6.45, 7) is 0.0170. The molecule has 5 aromatic rings. The molecule has 1 atom stereocenters. The second-order valence-corrected chi connectivity index (χ2v) is 16.1. The summed E-state index contributed by atoms with van der Waals surface area (Å²) in [5, 5.41) is 19.1. The molecule has 1 aliphatic carbocycles. The minimum absolute atomic E-state index is 0.0170. The summed E-state index contributed by atoms with van der Waals surface area (Å²) in [5.41, 5.74) is 8.83. The van der Waals surface area contributed by atoms with E-state index in [0.717, 1.165) is 50.1 Å². The van der Waals surface area contributed by atoms with Gasteiger partial charge in [0.25, 0.3) is 0 Å². The quantitative estimate of drug-likeness (QED) is 0.0821. The average Bonchev–Trinajstić information content (AvgIpc) is 3.48. The van der Waals surface area contributed by atoms with Crippen molar-refractivity contribution in [1.82, 2.24) is 5.32 Å². The van der Waals surface area contributed by atoms with Crippen molar-refractivity contribution in [2.75, 3.05) is 12.4 Å². The third kappa shape index (κ3) is 8.58. The van der Waals surface area contributed by atoms with Gasteiger partial charge in [-0.2, -0.15) is 0 Å². The van der Waals surface area contributed by atoms with Crippen LogP contribution in [0.25, 0.3) is 11.1 Å². The van der Waals surface area contributed by atoms with Gasteiger partial charge in [-0.05, 0) is 91.6 Å². The molecule has 1 amide bonds. The molecule has 5 aromatic carbocycles. The third-order valence-electron chi connectivity index (χ3n) is 8.59. The molecule has 2 N–H and O–H groups in total. The van der Waals surface area contributed by atoms with E-state index in [1.165, 1.54) is 29.6 Å². The van der Waals surface area contributed by atoms with Crippen LogP contribution in [0.3, 0.4) is 0 Å². The maximum absolute atomic E-state index is 13.4. The number of ether oxygens (including phenoxy) is 1. The van der Waals surface area contributed by atoms with Gasteiger partial charge >= 0.3 is 12.1 Å². The fourth-order valence-corrected chi connectivity index (χ4v) is 8.87. The third-order valence-corrected chi connectivity index (χ3v) is 11.9. The highest BCUT2D eigenvalue weighted by Crippen LogP contribution is 2.49. The Kier molecular flexibility index (Phi) is 13.0.